The van der Waals surface area contributed by atoms with Gasteiger partial charge in [0.2, 0.25) is 0 Å². The lowest BCUT2D eigenvalue weighted by Crippen LogP contribution is -2.05. The summed E-state index contributed by atoms with van der Waals surface area (Å²) in [6.45, 7) is 15.5. The van der Waals surface area contributed by atoms with E-state index in [4.69, 9.17) is 13.1 Å². The largest absolute Gasteiger partial charge is 0.310 e. The number of benzene rings is 5. The minimum absolute atomic E-state index is 0.493. The molecule has 0 N–H and O–H groups in total. The summed E-state index contributed by atoms with van der Waals surface area (Å²) in [6.07, 6.45) is 3.54. The summed E-state index contributed by atoms with van der Waals surface area (Å²) < 4.78 is 4.33. The van der Waals surface area contributed by atoms with Crippen molar-refractivity contribution < 1.29 is 0 Å². The number of hydrogen-bond donors (Lipinski definition) is 0. The average Bonchev–Trinajstić information content (AvgIpc) is 3.59. The van der Waals surface area contributed by atoms with Crippen molar-refractivity contribution in [1.82, 2.24) is 14.1 Å². The van der Waals surface area contributed by atoms with Gasteiger partial charge >= 0.3 is 0 Å². The van der Waals surface area contributed by atoms with Gasteiger partial charge in [-0.25, -0.2) is 9.69 Å². The van der Waals surface area contributed by atoms with Crippen molar-refractivity contribution in [2.45, 2.75) is 0 Å². The molecule has 0 unspecified atom stereocenters. The normalized spacial score (nSPS) is 11.1. The maximum Gasteiger partial charge on any atom is 0.189 e. The molecule has 0 bridgehead atoms. The van der Waals surface area contributed by atoms with E-state index in [1.807, 2.05) is 84.9 Å². The molecular weight excluding hydrogens is 540 g/mol. The summed E-state index contributed by atoms with van der Waals surface area (Å²) in [4.78, 5) is 11.8. The van der Waals surface area contributed by atoms with Crippen molar-refractivity contribution >= 4 is 55.0 Å². The van der Waals surface area contributed by atoms with Gasteiger partial charge in [-0.2, -0.15) is 5.26 Å². The number of nitrogens with zero attached hydrogens (tertiary/aromatic N) is 6. The monoisotopic (exact) mass is 560 g/mol. The molecule has 8 rings (SSSR count). The van der Waals surface area contributed by atoms with Crippen LogP contribution in [0.3, 0.4) is 0 Å². The van der Waals surface area contributed by atoms with Gasteiger partial charge in [0, 0.05) is 50.5 Å². The Balaban J connectivity index is 1.61. The van der Waals surface area contributed by atoms with E-state index >= 15 is 0 Å². The van der Waals surface area contributed by atoms with Gasteiger partial charge in [0.05, 0.1) is 47.2 Å². The maximum absolute atomic E-state index is 10.4. The molecule has 3 aromatic heterocycles. The zero-order chi connectivity index (χ0) is 29.8. The van der Waals surface area contributed by atoms with Crippen LogP contribution in [0.15, 0.2) is 122 Å². The Labute approximate surface area is 252 Å². The van der Waals surface area contributed by atoms with Crippen molar-refractivity contribution in [3.05, 3.63) is 150 Å². The van der Waals surface area contributed by atoms with Crippen LogP contribution in [0, 0.1) is 24.5 Å². The molecule has 6 nitrogen and oxygen atoms in total. The van der Waals surface area contributed by atoms with Crippen molar-refractivity contribution in [2.75, 3.05) is 0 Å². The van der Waals surface area contributed by atoms with Gasteiger partial charge in [0.1, 0.15) is 0 Å². The van der Waals surface area contributed by atoms with Crippen LogP contribution in [0.5, 0.6) is 0 Å². The number of para-hydroxylation sites is 2. The fourth-order valence-corrected chi connectivity index (χ4v) is 6.42. The Morgan fingerprint density at radius 2 is 1.05 bits per heavy atom. The molecule has 0 aliphatic rings. The van der Waals surface area contributed by atoms with E-state index in [-0.39, 0.29) is 0 Å². The highest BCUT2D eigenvalue weighted by atomic mass is 15.0. The van der Waals surface area contributed by atoms with E-state index in [2.05, 4.69) is 54.1 Å². The number of aromatic nitrogens is 3. The molecular formula is C38H20N6. The van der Waals surface area contributed by atoms with Crippen LogP contribution in [0.1, 0.15) is 5.56 Å². The molecule has 44 heavy (non-hydrogen) atoms. The molecule has 6 heteroatoms. The van der Waals surface area contributed by atoms with Crippen LogP contribution in [-0.2, 0) is 0 Å². The molecule has 0 spiro atoms. The lowest BCUT2D eigenvalue weighted by molar-refractivity contribution is 1.13. The second-order valence-corrected chi connectivity index (χ2v) is 10.6. The quantitative estimate of drug-likeness (QED) is 0.202. The molecule has 202 valence electrons. The zero-order valence-corrected chi connectivity index (χ0v) is 23.2. The molecule has 0 saturated carbocycles. The Morgan fingerprint density at radius 3 is 1.52 bits per heavy atom. The van der Waals surface area contributed by atoms with E-state index in [9.17, 15) is 5.26 Å². The zero-order valence-electron chi connectivity index (χ0n) is 23.2. The van der Waals surface area contributed by atoms with Crippen LogP contribution in [-0.4, -0.2) is 14.1 Å². The Morgan fingerprint density at radius 1 is 0.568 bits per heavy atom. The summed E-state index contributed by atoms with van der Waals surface area (Å²) in [5.74, 6) is 0. The lowest BCUT2D eigenvalue weighted by atomic mass is 9.99. The highest BCUT2D eigenvalue weighted by Crippen LogP contribution is 2.43. The minimum Gasteiger partial charge on any atom is -0.310 e. The highest BCUT2D eigenvalue weighted by Gasteiger charge is 2.23. The third-order valence-corrected chi connectivity index (χ3v) is 8.25. The Bertz CT molecular complexity index is 2430. The summed E-state index contributed by atoms with van der Waals surface area (Å²) in [7, 11) is 0. The molecule has 0 fully saturated rings. The van der Waals surface area contributed by atoms with Crippen LogP contribution in [0.25, 0.3) is 75.8 Å². The molecule has 5 aromatic carbocycles. The second kappa shape index (κ2) is 9.71. The van der Waals surface area contributed by atoms with E-state index in [1.54, 1.807) is 12.4 Å². The van der Waals surface area contributed by atoms with Gasteiger partial charge in [-0.3, -0.25) is 4.98 Å². The average molecular weight is 561 g/mol. The molecule has 8 aromatic rings. The first-order valence-corrected chi connectivity index (χ1v) is 14.0. The summed E-state index contributed by atoms with van der Waals surface area (Å²) in [6, 6.07) is 38.1. The van der Waals surface area contributed by atoms with Crippen molar-refractivity contribution in [3.63, 3.8) is 0 Å². The number of hydrogen-bond acceptors (Lipinski definition) is 2. The van der Waals surface area contributed by atoms with E-state index in [0.717, 1.165) is 66.1 Å². The standard InChI is InChI=1S/C38H20N6/c1-40-26-11-13-30-28-7-3-5-9-32(28)43(34(30)21-26)36-19-24(23-39)20-37(38(36)25-15-17-42-18-16-25)44-33-10-6-4-8-29(33)31-14-12-27(41-2)22-35(31)44/h3-22H. The molecule has 0 aliphatic heterocycles. The number of fused-ring (bicyclic) bond motifs is 6. The first-order chi connectivity index (χ1) is 21.7. The van der Waals surface area contributed by atoms with Gasteiger partial charge in [0.15, 0.2) is 11.4 Å². The van der Waals surface area contributed by atoms with Gasteiger partial charge < -0.3 is 9.13 Å². The molecule has 0 radical (unpaired) electrons. The van der Waals surface area contributed by atoms with Crippen LogP contribution >= 0.6 is 0 Å². The van der Waals surface area contributed by atoms with Crippen molar-refractivity contribution in [2.24, 2.45) is 0 Å². The topological polar surface area (TPSA) is 55.3 Å². The van der Waals surface area contributed by atoms with Crippen LogP contribution in [0.4, 0.5) is 11.4 Å². The first-order valence-electron chi connectivity index (χ1n) is 14.0. The van der Waals surface area contributed by atoms with Crippen molar-refractivity contribution in [3.8, 4) is 28.6 Å². The lowest BCUT2D eigenvalue weighted by Gasteiger charge is -2.21. The molecule has 3 heterocycles. The smallest absolute Gasteiger partial charge is 0.189 e. The fourth-order valence-electron chi connectivity index (χ4n) is 6.42. The molecule has 0 amide bonds. The maximum atomic E-state index is 10.4. The molecule has 0 aliphatic carbocycles. The number of nitriles is 1. The first kappa shape index (κ1) is 25.1. The Hall–Kier alpha value is -6.68. The van der Waals surface area contributed by atoms with Crippen molar-refractivity contribution in [1.29, 1.82) is 5.26 Å². The summed E-state index contributed by atoms with van der Waals surface area (Å²) in [5, 5.41) is 14.6. The van der Waals surface area contributed by atoms with Gasteiger partial charge in [-0.1, -0.05) is 60.7 Å². The van der Waals surface area contributed by atoms with Gasteiger partial charge in [-0.15, -0.1) is 0 Å². The molecule has 0 saturated heterocycles. The van der Waals surface area contributed by atoms with E-state index in [1.165, 1.54) is 0 Å². The van der Waals surface area contributed by atoms with E-state index in [0.29, 0.717) is 16.9 Å². The number of rotatable bonds is 3. The van der Waals surface area contributed by atoms with E-state index < -0.39 is 0 Å². The number of pyridine rings is 1. The summed E-state index contributed by atoms with van der Waals surface area (Å²) in [5.41, 5.74) is 8.73. The fraction of sp³-hybridized carbons (Fsp3) is 0. The predicted molar refractivity (Wildman–Crippen MR) is 176 cm³/mol. The van der Waals surface area contributed by atoms with Gasteiger partial charge in [-0.05, 0) is 54.1 Å². The predicted octanol–water partition coefficient (Wildman–Crippen LogP) is 9.92. The Kier molecular flexibility index (Phi) is 5.53. The van der Waals surface area contributed by atoms with Gasteiger partial charge in [0.25, 0.3) is 0 Å². The SMILES string of the molecule is [C-]#[N+]c1ccc2c3ccccc3n(-c3cc(C#N)cc(-n4c5ccccc5c5ccc([N+]#[C-])cc54)c3-c3ccncc3)c2c1. The third kappa shape index (κ3) is 3.61. The minimum atomic E-state index is 0.493. The molecule has 0 atom stereocenters. The second-order valence-electron chi connectivity index (χ2n) is 10.6. The summed E-state index contributed by atoms with van der Waals surface area (Å²) >= 11 is 0. The third-order valence-electron chi connectivity index (χ3n) is 8.25. The van der Waals surface area contributed by atoms with Crippen LogP contribution in [0.2, 0.25) is 0 Å². The highest BCUT2D eigenvalue weighted by molar-refractivity contribution is 6.12. The van der Waals surface area contributed by atoms with Crippen LogP contribution < -0.4 is 0 Å².